The Labute approximate surface area is 116 Å². The van der Waals surface area contributed by atoms with E-state index in [-0.39, 0.29) is 19.5 Å². The molecule has 1 saturated carbocycles. The van der Waals surface area contributed by atoms with Crippen LogP contribution >= 0.6 is 0 Å². The SMILES string of the molecule is COC(=O)[C@]12CN(C(=O)OC(C)(C)C)C[C@@]1(C(=O)O)C2. The number of amides is 1. The molecule has 112 valence electrons. The summed E-state index contributed by atoms with van der Waals surface area (Å²) in [6, 6.07) is 0. The molecule has 0 aromatic carbocycles. The van der Waals surface area contributed by atoms with Crippen molar-refractivity contribution < 1.29 is 29.0 Å². The highest BCUT2D eigenvalue weighted by atomic mass is 16.6. The quantitative estimate of drug-likeness (QED) is 0.757. The maximum atomic E-state index is 12.0. The highest BCUT2D eigenvalue weighted by Crippen LogP contribution is 2.69. The number of carbonyl (C=O) groups is 3. The molecule has 1 N–H and O–H groups in total. The fraction of sp³-hybridized carbons (Fsp3) is 0.769. The molecule has 7 nitrogen and oxygen atoms in total. The molecule has 2 fully saturated rings. The second-order valence-corrected chi connectivity index (χ2v) is 6.47. The molecule has 20 heavy (non-hydrogen) atoms. The van der Waals surface area contributed by atoms with E-state index in [2.05, 4.69) is 0 Å². The monoisotopic (exact) mass is 285 g/mol. The van der Waals surface area contributed by atoms with Crippen molar-refractivity contribution in [2.45, 2.75) is 32.8 Å². The predicted molar refractivity (Wildman–Crippen MR) is 66.9 cm³/mol. The van der Waals surface area contributed by atoms with E-state index in [4.69, 9.17) is 9.47 Å². The van der Waals surface area contributed by atoms with Gasteiger partial charge in [0.25, 0.3) is 0 Å². The third kappa shape index (κ3) is 1.92. The Kier molecular flexibility index (Phi) is 3.00. The minimum absolute atomic E-state index is 0.0215. The molecule has 2 aliphatic rings. The smallest absolute Gasteiger partial charge is 0.410 e. The minimum atomic E-state index is -1.23. The van der Waals surface area contributed by atoms with Crippen LogP contribution in [0.4, 0.5) is 4.79 Å². The van der Waals surface area contributed by atoms with Crippen LogP contribution in [-0.4, -0.2) is 53.8 Å². The Balaban J connectivity index is 2.18. The van der Waals surface area contributed by atoms with E-state index in [0.29, 0.717) is 0 Å². The third-order valence-corrected chi connectivity index (χ3v) is 3.95. The van der Waals surface area contributed by atoms with Gasteiger partial charge >= 0.3 is 18.0 Å². The lowest BCUT2D eigenvalue weighted by molar-refractivity contribution is -0.153. The number of carboxylic acids is 1. The average Bonchev–Trinajstić information content (AvgIpc) is 2.85. The lowest BCUT2D eigenvalue weighted by Gasteiger charge is -2.26. The maximum Gasteiger partial charge on any atom is 0.410 e. The van der Waals surface area contributed by atoms with Gasteiger partial charge in [0.2, 0.25) is 0 Å². The predicted octanol–water partition coefficient (Wildman–Crippen LogP) is 0.871. The maximum absolute atomic E-state index is 12.0. The van der Waals surface area contributed by atoms with E-state index >= 15 is 0 Å². The molecule has 1 aliphatic carbocycles. The van der Waals surface area contributed by atoms with E-state index < -0.39 is 34.5 Å². The number of ether oxygens (including phenoxy) is 2. The number of hydrogen-bond acceptors (Lipinski definition) is 5. The molecule has 1 aliphatic heterocycles. The molecular weight excluding hydrogens is 266 g/mol. The molecule has 0 spiro atoms. The third-order valence-electron chi connectivity index (χ3n) is 3.95. The summed E-state index contributed by atoms with van der Waals surface area (Å²) < 4.78 is 9.92. The van der Waals surface area contributed by atoms with Gasteiger partial charge in [-0.25, -0.2) is 4.79 Å². The summed E-state index contributed by atoms with van der Waals surface area (Å²) >= 11 is 0. The largest absolute Gasteiger partial charge is 0.481 e. The molecule has 2 atom stereocenters. The van der Waals surface area contributed by atoms with Gasteiger partial charge in [-0.15, -0.1) is 0 Å². The van der Waals surface area contributed by atoms with E-state index in [1.807, 2.05) is 0 Å². The van der Waals surface area contributed by atoms with Crippen LogP contribution < -0.4 is 0 Å². The van der Waals surface area contributed by atoms with Gasteiger partial charge in [0.15, 0.2) is 0 Å². The highest BCUT2D eigenvalue weighted by molar-refractivity contribution is 5.96. The highest BCUT2D eigenvalue weighted by Gasteiger charge is 2.82. The molecular formula is C13H19NO6. The molecule has 1 heterocycles. The Morgan fingerprint density at radius 3 is 2.15 bits per heavy atom. The Bertz CT molecular complexity index is 482. The van der Waals surface area contributed by atoms with Gasteiger partial charge in [-0.05, 0) is 27.2 Å². The normalized spacial score (nSPS) is 31.5. The van der Waals surface area contributed by atoms with Crippen LogP contribution in [0.15, 0.2) is 0 Å². The van der Waals surface area contributed by atoms with Crippen LogP contribution in [0.5, 0.6) is 0 Å². The summed E-state index contributed by atoms with van der Waals surface area (Å²) in [6.45, 7) is 5.19. The van der Waals surface area contributed by atoms with Gasteiger partial charge in [0.1, 0.15) is 16.4 Å². The van der Waals surface area contributed by atoms with Gasteiger partial charge < -0.3 is 19.5 Å². The second kappa shape index (κ2) is 4.10. The summed E-state index contributed by atoms with van der Waals surface area (Å²) in [5, 5.41) is 9.37. The zero-order valence-corrected chi connectivity index (χ0v) is 12.1. The fourth-order valence-corrected chi connectivity index (χ4v) is 2.92. The molecule has 0 aromatic heterocycles. The van der Waals surface area contributed by atoms with E-state index in [1.165, 1.54) is 12.0 Å². The summed E-state index contributed by atoms with van der Waals surface area (Å²) in [7, 11) is 1.22. The first-order valence-corrected chi connectivity index (χ1v) is 6.38. The zero-order chi connectivity index (χ0) is 15.3. The van der Waals surface area contributed by atoms with Crippen LogP contribution in [0.3, 0.4) is 0 Å². The van der Waals surface area contributed by atoms with Gasteiger partial charge in [-0.3, -0.25) is 9.59 Å². The van der Waals surface area contributed by atoms with E-state index in [9.17, 15) is 19.5 Å². The van der Waals surface area contributed by atoms with Crippen molar-refractivity contribution in [2.24, 2.45) is 10.8 Å². The van der Waals surface area contributed by atoms with Crippen LogP contribution in [0.25, 0.3) is 0 Å². The number of carboxylic acid groups (broad SMARTS) is 1. The van der Waals surface area contributed by atoms with Crippen molar-refractivity contribution in [1.82, 2.24) is 4.90 Å². The fourth-order valence-electron chi connectivity index (χ4n) is 2.92. The van der Waals surface area contributed by atoms with Crippen molar-refractivity contribution in [3.05, 3.63) is 0 Å². The standard InChI is InChI=1S/C13H19NO6/c1-11(2,3)20-10(18)14-6-12(8(15)16)5-13(12,7-14)9(17)19-4/h5-7H2,1-4H3,(H,15,16)/t12-,13+/m1/s1. The van der Waals surface area contributed by atoms with Crippen LogP contribution in [-0.2, 0) is 19.1 Å². The lowest BCUT2D eigenvalue weighted by Crippen LogP contribution is -2.38. The van der Waals surface area contributed by atoms with Gasteiger partial charge in [-0.2, -0.15) is 0 Å². The number of hydrogen-bond donors (Lipinski definition) is 1. The van der Waals surface area contributed by atoms with Crippen molar-refractivity contribution in [1.29, 1.82) is 0 Å². The first-order valence-electron chi connectivity index (χ1n) is 6.38. The summed E-state index contributed by atoms with van der Waals surface area (Å²) in [4.78, 5) is 36.6. The van der Waals surface area contributed by atoms with E-state index in [1.54, 1.807) is 20.8 Å². The molecule has 7 heteroatoms. The number of aliphatic carboxylic acids is 1. The van der Waals surface area contributed by atoms with Gasteiger partial charge in [0.05, 0.1) is 7.11 Å². The Hall–Kier alpha value is -1.79. The number of esters is 1. The Morgan fingerprint density at radius 1 is 1.15 bits per heavy atom. The van der Waals surface area contributed by atoms with Gasteiger partial charge in [0, 0.05) is 13.1 Å². The van der Waals surface area contributed by atoms with Crippen molar-refractivity contribution in [3.63, 3.8) is 0 Å². The number of carbonyl (C=O) groups excluding carboxylic acids is 2. The molecule has 1 amide bonds. The molecule has 0 bridgehead atoms. The van der Waals surface area contributed by atoms with Gasteiger partial charge in [-0.1, -0.05) is 0 Å². The molecule has 0 radical (unpaired) electrons. The number of rotatable bonds is 2. The average molecular weight is 285 g/mol. The lowest BCUT2D eigenvalue weighted by atomic mass is 9.97. The molecule has 0 unspecified atom stereocenters. The Morgan fingerprint density at radius 2 is 1.70 bits per heavy atom. The summed E-state index contributed by atoms with van der Waals surface area (Å²) in [5.74, 6) is -1.65. The number of piperidine rings is 1. The number of likely N-dealkylation sites (tertiary alicyclic amines) is 1. The zero-order valence-electron chi connectivity index (χ0n) is 12.1. The second-order valence-electron chi connectivity index (χ2n) is 6.47. The molecule has 2 rings (SSSR count). The minimum Gasteiger partial charge on any atom is -0.481 e. The molecule has 1 saturated heterocycles. The van der Waals surface area contributed by atoms with Crippen molar-refractivity contribution in [2.75, 3.05) is 20.2 Å². The molecule has 0 aromatic rings. The van der Waals surface area contributed by atoms with Crippen LogP contribution in [0, 0.1) is 10.8 Å². The topological polar surface area (TPSA) is 93.1 Å². The van der Waals surface area contributed by atoms with Crippen LogP contribution in [0.1, 0.15) is 27.2 Å². The first kappa shape index (κ1) is 14.6. The first-order chi connectivity index (χ1) is 9.08. The van der Waals surface area contributed by atoms with Crippen molar-refractivity contribution >= 4 is 18.0 Å². The number of nitrogens with zero attached hydrogens (tertiary/aromatic N) is 1. The van der Waals surface area contributed by atoms with Crippen molar-refractivity contribution in [3.8, 4) is 0 Å². The number of methoxy groups -OCH3 is 1. The number of fused-ring (bicyclic) bond motifs is 1. The summed E-state index contributed by atoms with van der Waals surface area (Å²) in [6.07, 6.45) is -0.394. The van der Waals surface area contributed by atoms with Crippen LogP contribution in [0.2, 0.25) is 0 Å². The summed E-state index contributed by atoms with van der Waals surface area (Å²) in [5.41, 5.74) is -3.01. The van der Waals surface area contributed by atoms with E-state index in [0.717, 1.165) is 0 Å².